The highest BCUT2D eigenvalue weighted by Crippen LogP contribution is 2.54. The molecule has 0 bridgehead atoms. The molecule has 3 fully saturated rings. The van der Waals surface area contributed by atoms with Gasteiger partial charge in [0.25, 0.3) is 0 Å². The Kier molecular flexibility index (Phi) is 2.60. The third-order valence-electron chi connectivity index (χ3n) is 4.53. The van der Waals surface area contributed by atoms with Gasteiger partial charge in [-0.05, 0) is 50.4 Å². The zero-order chi connectivity index (χ0) is 12.0. The molecule has 4 nitrogen and oxygen atoms in total. The molecule has 0 radical (unpaired) electrons. The molecule has 3 saturated carbocycles. The third kappa shape index (κ3) is 2.31. The van der Waals surface area contributed by atoms with Gasteiger partial charge in [-0.1, -0.05) is 0 Å². The molecular weight excluding hydrogens is 218 g/mol. The SMILES string of the molecule is O=C(O)[C@@H]1CC[C@H](NC(=O)[C@H]2C[C@@H]2C2CC2)C1. The van der Waals surface area contributed by atoms with Crippen molar-refractivity contribution in [2.75, 3.05) is 0 Å². The van der Waals surface area contributed by atoms with Gasteiger partial charge in [0.1, 0.15) is 0 Å². The first-order chi connectivity index (χ1) is 8.15. The maximum absolute atomic E-state index is 11.9. The Morgan fingerprint density at radius 1 is 1.06 bits per heavy atom. The maximum atomic E-state index is 11.9. The van der Waals surface area contributed by atoms with Crippen LogP contribution in [-0.4, -0.2) is 23.0 Å². The summed E-state index contributed by atoms with van der Waals surface area (Å²) in [7, 11) is 0. The van der Waals surface area contributed by atoms with E-state index in [0.29, 0.717) is 18.8 Å². The lowest BCUT2D eigenvalue weighted by molar-refractivity contribution is -0.141. The van der Waals surface area contributed by atoms with Gasteiger partial charge in [-0.15, -0.1) is 0 Å². The van der Waals surface area contributed by atoms with E-state index in [0.717, 1.165) is 18.8 Å². The summed E-state index contributed by atoms with van der Waals surface area (Å²) in [6.07, 6.45) is 5.81. The molecule has 0 saturated heterocycles. The van der Waals surface area contributed by atoms with Crippen LogP contribution in [0.1, 0.15) is 38.5 Å². The molecule has 94 valence electrons. The molecule has 0 spiro atoms. The minimum Gasteiger partial charge on any atom is -0.481 e. The average molecular weight is 237 g/mol. The molecule has 4 atom stereocenters. The molecule has 1 amide bonds. The Bertz CT molecular complexity index is 351. The molecule has 3 rings (SSSR count). The first-order valence-electron chi connectivity index (χ1n) is 6.68. The van der Waals surface area contributed by atoms with Crippen molar-refractivity contribution in [1.29, 1.82) is 0 Å². The van der Waals surface area contributed by atoms with Crippen molar-refractivity contribution in [3.63, 3.8) is 0 Å². The third-order valence-corrected chi connectivity index (χ3v) is 4.53. The summed E-state index contributed by atoms with van der Waals surface area (Å²) in [4.78, 5) is 22.7. The van der Waals surface area contributed by atoms with Crippen LogP contribution < -0.4 is 5.32 Å². The van der Waals surface area contributed by atoms with Crippen LogP contribution in [0.15, 0.2) is 0 Å². The van der Waals surface area contributed by atoms with Gasteiger partial charge in [0, 0.05) is 12.0 Å². The van der Waals surface area contributed by atoms with E-state index in [1.54, 1.807) is 0 Å². The Hall–Kier alpha value is -1.06. The van der Waals surface area contributed by atoms with Crippen LogP contribution in [0.5, 0.6) is 0 Å². The topological polar surface area (TPSA) is 66.4 Å². The number of aliphatic carboxylic acids is 1. The first kappa shape index (κ1) is 11.1. The first-order valence-corrected chi connectivity index (χ1v) is 6.68. The van der Waals surface area contributed by atoms with Gasteiger partial charge in [-0.3, -0.25) is 9.59 Å². The lowest BCUT2D eigenvalue weighted by Crippen LogP contribution is -2.34. The van der Waals surface area contributed by atoms with Crippen LogP contribution in [-0.2, 0) is 9.59 Å². The fraction of sp³-hybridized carbons (Fsp3) is 0.846. The molecule has 0 unspecified atom stereocenters. The van der Waals surface area contributed by atoms with Gasteiger partial charge >= 0.3 is 5.97 Å². The molecule has 2 N–H and O–H groups in total. The highest BCUT2D eigenvalue weighted by molar-refractivity contribution is 5.82. The van der Waals surface area contributed by atoms with E-state index in [1.807, 2.05) is 0 Å². The van der Waals surface area contributed by atoms with Crippen molar-refractivity contribution in [3.8, 4) is 0 Å². The summed E-state index contributed by atoms with van der Waals surface area (Å²) >= 11 is 0. The molecular formula is C13H19NO3. The van der Waals surface area contributed by atoms with E-state index in [4.69, 9.17) is 5.11 Å². The Balaban J connectivity index is 1.45. The number of carbonyl (C=O) groups is 2. The number of rotatable bonds is 4. The molecule has 3 aliphatic rings. The second kappa shape index (κ2) is 4.00. The van der Waals surface area contributed by atoms with Crippen molar-refractivity contribution >= 4 is 11.9 Å². The van der Waals surface area contributed by atoms with E-state index in [9.17, 15) is 9.59 Å². The standard InChI is InChI=1S/C13H19NO3/c15-12(11-6-10(11)7-1-2-7)14-9-4-3-8(5-9)13(16)17/h7-11H,1-6H2,(H,14,15)(H,16,17)/t8-,9+,10-,11+/m1/s1. The molecule has 0 aliphatic heterocycles. The monoisotopic (exact) mass is 237 g/mol. The Morgan fingerprint density at radius 2 is 1.82 bits per heavy atom. The number of hydrogen-bond donors (Lipinski definition) is 2. The summed E-state index contributed by atoms with van der Waals surface area (Å²) in [5, 5.41) is 11.9. The number of carboxylic acid groups (broad SMARTS) is 1. The van der Waals surface area contributed by atoms with E-state index < -0.39 is 5.97 Å². The minimum atomic E-state index is -0.718. The highest BCUT2D eigenvalue weighted by atomic mass is 16.4. The minimum absolute atomic E-state index is 0.101. The summed E-state index contributed by atoms with van der Waals surface area (Å²) in [6, 6.07) is 0.101. The molecule has 17 heavy (non-hydrogen) atoms. The quantitative estimate of drug-likeness (QED) is 0.776. The number of carbonyl (C=O) groups excluding carboxylic acids is 1. The van der Waals surface area contributed by atoms with Crippen LogP contribution in [0.25, 0.3) is 0 Å². The van der Waals surface area contributed by atoms with Gasteiger partial charge in [-0.2, -0.15) is 0 Å². The lowest BCUT2D eigenvalue weighted by atomic mass is 10.1. The van der Waals surface area contributed by atoms with Crippen LogP contribution in [0.2, 0.25) is 0 Å². The van der Waals surface area contributed by atoms with Crippen LogP contribution in [0.3, 0.4) is 0 Å². The smallest absolute Gasteiger partial charge is 0.306 e. The average Bonchev–Trinajstić information content (AvgIpc) is 3.15. The zero-order valence-corrected chi connectivity index (χ0v) is 9.89. The molecule has 3 aliphatic carbocycles. The number of amides is 1. The van der Waals surface area contributed by atoms with Gasteiger partial charge in [0.2, 0.25) is 5.91 Å². The second-order valence-electron chi connectivity index (χ2n) is 5.90. The maximum Gasteiger partial charge on any atom is 0.306 e. The normalized spacial score (nSPS) is 40.0. The number of nitrogens with one attached hydrogen (secondary N) is 1. The zero-order valence-electron chi connectivity index (χ0n) is 9.89. The summed E-state index contributed by atoms with van der Waals surface area (Å²) in [5.41, 5.74) is 0. The van der Waals surface area contributed by atoms with E-state index in [-0.39, 0.29) is 23.8 Å². The fourth-order valence-electron chi connectivity index (χ4n) is 3.21. The van der Waals surface area contributed by atoms with Crippen molar-refractivity contribution in [2.45, 2.75) is 44.6 Å². The molecule has 4 heteroatoms. The van der Waals surface area contributed by atoms with Crippen molar-refractivity contribution in [3.05, 3.63) is 0 Å². The summed E-state index contributed by atoms with van der Waals surface area (Å²) in [5.74, 6) is 0.917. The predicted molar refractivity (Wildman–Crippen MR) is 61.2 cm³/mol. The van der Waals surface area contributed by atoms with E-state index in [1.165, 1.54) is 12.8 Å². The number of hydrogen-bond acceptors (Lipinski definition) is 2. The van der Waals surface area contributed by atoms with Crippen LogP contribution in [0.4, 0.5) is 0 Å². The predicted octanol–water partition coefficient (Wildman–Crippen LogP) is 1.40. The molecule has 0 aromatic carbocycles. The lowest BCUT2D eigenvalue weighted by Gasteiger charge is -2.12. The van der Waals surface area contributed by atoms with Gasteiger partial charge < -0.3 is 10.4 Å². The molecule has 0 aromatic heterocycles. The summed E-state index contributed by atoms with van der Waals surface area (Å²) in [6.45, 7) is 0. The largest absolute Gasteiger partial charge is 0.481 e. The van der Waals surface area contributed by atoms with Crippen molar-refractivity contribution in [1.82, 2.24) is 5.32 Å². The summed E-state index contributed by atoms with van der Waals surface area (Å²) < 4.78 is 0. The highest BCUT2D eigenvalue weighted by Gasteiger charge is 2.51. The molecule has 0 heterocycles. The van der Waals surface area contributed by atoms with Gasteiger partial charge in [0.15, 0.2) is 0 Å². The van der Waals surface area contributed by atoms with Gasteiger partial charge in [-0.25, -0.2) is 0 Å². The van der Waals surface area contributed by atoms with Crippen molar-refractivity contribution < 1.29 is 14.7 Å². The van der Waals surface area contributed by atoms with Crippen LogP contribution >= 0.6 is 0 Å². The van der Waals surface area contributed by atoms with E-state index in [2.05, 4.69) is 5.32 Å². The number of carboxylic acids is 1. The van der Waals surface area contributed by atoms with Gasteiger partial charge in [0.05, 0.1) is 5.92 Å². The fourth-order valence-corrected chi connectivity index (χ4v) is 3.21. The Morgan fingerprint density at radius 3 is 2.41 bits per heavy atom. The molecule has 0 aromatic rings. The van der Waals surface area contributed by atoms with Crippen molar-refractivity contribution in [2.24, 2.45) is 23.7 Å². The second-order valence-corrected chi connectivity index (χ2v) is 5.90. The van der Waals surface area contributed by atoms with E-state index >= 15 is 0 Å². The van der Waals surface area contributed by atoms with Crippen LogP contribution in [0, 0.1) is 23.7 Å². The Labute approximate surface area is 101 Å².